The number of carbonyl (C=O) groups is 2. The van der Waals surface area contributed by atoms with Crippen LogP contribution in [0.5, 0.6) is 5.75 Å². The maximum Gasteiger partial charge on any atom is 0.342 e. The molecule has 0 aliphatic rings. The highest BCUT2D eigenvalue weighted by atomic mass is 16.6. The maximum atomic E-state index is 12.2. The first kappa shape index (κ1) is 21.9. The number of nitro groups is 1. The summed E-state index contributed by atoms with van der Waals surface area (Å²) in [6.07, 6.45) is 0.650. The van der Waals surface area contributed by atoms with Crippen LogP contribution in [0.3, 0.4) is 0 Å². The quantitative estimate of drug-likeness (QED) is 0.393. The number of carbonyl (C=O) groups excluding carboxylic acids is 2. The highest BCUT2D eigenvalue weighted by Crippen LogP contribution is 2.24. The number of esters is 1. The summed E-state index contributed by atoms with van der Waals surface area (Å²) in [6, 6.07) is 11.8. The smallest absolute Gasteiger partial charge is 0.342 e. The van der Waals surface area contributed by atoms with Gasteiger partial charge in [0.1, 0.15) is 11.3 Å². The van der Waals surface area contributed by atoms with Gasteiger partial charge in [0.15, 0.2) is 6.61 Å². The monoisotopic (exact) mass is 400 g/mol. The van der Waals surface area contributed by atoms with E-state index < -0.39 is 23.4 Å². The number of methoxy groups -OCH3 is 1. The van der Waals surface area contributed by atoms with E-state index >= 15 is 0 Å². The molecule has 2 aromatic carbocycles. The number of amides is 1. The zero-order valence-corrected chi connectivity index (χ0v) is 16.6. The van der Waals surface area contributed by atoms with Crippen molar-refractivity contribution in [1.29, 1.82) is 0 Å². The van der Waals surface area contributed by atoms with Crippen LogP contribution in [0.1, 0.15) is 41.3 Å². The molecular weight excluding hydrogens is 376 g/mol. The predicted molar refractivity (Wildman–Crippen MR) is 107 cm³/mol. The minimum absolute atomic E-state index is 0.111. The van der Waals surface area contributed by atoms with Crippen LogP contribution >= 0.6 is 0 Å². The molecule has 0 atom stereocenters. The van der Waals surface area contributed by atoms with Gasteiger partial charge in [-0.1, -0.05) is 38.1 Å². The average molecular weight is 400 g/mol. The van der Waals surface area contributed by atoms with Crippen LogP contribution in [0.4, 0.5) is 5.69 Å². The number of benzene rings is 2. The second kappa shape index (κ2) is 10.2. The number of hydrogen-bond donors (Lipinski definition) is 1. The lowest BCUT2D eigenvalue weighted by Gasteiger charge is -2.10. The van der Waals surface area contributed by atoms with Crippen molar-refractivity contribution in [3.05, 3.63) is 69.3 Å². The molecule has 0 heterocycles. The van der Waals surface area contributed by atoms with Crippen molar-refractivity contribution >= 4 is 17.6 Å². The predicted octanol–water partition coefficient (Wildman–Crippen LogP) is 3.24. The van der Waals surface area contributed by atoms with E-state index in [1.165, 1.54) is 24.8 Å². The molecule has 1 N–H and O–H groups in total. The van der Waals surface area contributed by atoms with Crippen molar-refractivity contribution in [2.75, 3.05) is 20.3 Å². The van der Waals surface area contributed by atoms with Gasteiger partial charge < -0.3 is 14.8 Å². The number of nitro benzene ring substituents is 1. The third-order valence-corrected chi connectivity index (χ3v) is 4.33. The number of nitrogens with zero attached hydrogens (tertiary/aromatic N) is 1. The SMILES string of the molecule is COc1ccc([N+](=O)[O-])cc1C(=O)OCC(=O)NCCc1ccc(C(C)C)cc1. The molecule has 0 saturated carbocycles. The molecular formula is C21H24N2O6. The first-order chi connectivity index (χ1) is 13.8. The molecule has 0 aromatic heterocycles. The largest absolute Gasteiger partial charge is 0.496 e. The van der Waals surface area contributed by atoms with E-state index in [9.17, 15) is 19.7 Å². The minimum atomic E-state index is -0.870. The number of ether oxygens (including phenoxy) is 2. The Bertz CT molecular complexity index is 877. The fourth-order valence-corrected chi connectivity index (χ4v) is 2.64. The molecule has 8 heteroatoms. The van der Waals surface area contributed by atoms with E-state index in [1.807, 2.05) is 12.1 Å². The molecule has 0 radical (unpaired) electrons. The molecule has 0 aliphatic carbocycles. The first-order valence-electron chi connectivity index (χ1n) is 9.17. The van der Waals surface area contributed by atoms with Crippen LogP contribution in [-0.2, 0) is 16.0 Å². The second-order valence-electron chi connectivity index (χ2n) is 6.71. The summed E-state index contributed by atoms with van der Waals surface area (Å²) in [6.45, 7) is 4.16. The van der Waals surface area contributed by atoms with Gasteiger partial charge in [0.2, 0.25) is 0 Å². The molecule has 0 fully saturated rings. The lowest BCUT2D eigenvalue weighted by molar-refractivity contribution is -0.384. The summed E-state index contributed by atoms with van der Waals surface area (Å²) in [5.41, 5.74) is 1.96. The average Bonchev–Trinajstić information content (AvgIpc) is 2.71. The molecule has 0 spiro atoms. The Kier molecular flexibility index (Phi) is 7.70. The van der Waals surface area contributed by atoms with Crippen LogP contribution in [-0.4, -0.2) is 37.1 Å². The zero-order chi connectivity index (χ0) is 21.4. The highest BCUT2D eigenvalue weighted by Gasteiger charge is 2.19. The minimum Gasteiger partial charge on any atom is -0.496 e. The van der Waals surface area contributed by atoms with E-state index in [2.05, 4.69) is 31.3 Å². The van der Waals surface area contributed by atoms with Crippen molar-refractivity contribution in [2.24, 2.45) is 0 Å². The molecule has 1 amide bonds. The summed E-state index contributed by atoms with van der Waals surface area (Å²) in [7, 11) is 1.33. The third-order valence-electron chi connectivity index (χ3n) is 4.33. The molecule has 2 rings (SSSR count). The van der Waals surface area contributed by atoms with Crippen LogP contribution in [0.25, 0.3) is 0 Å². The van der Waals surface area contributed by atoms with Crippen molar-refractivity contribution < 1.29 is 24.0 Å². The van der Waals surface area contributed by atoms with Gasteiger partial charge in [-0.2, -0.15) is 0 Å². The van der Waals surface area contributed by atoms with E-state index in [4.69, 9.17) is 9.47 Å². The van der Waals surface area contributed by atoms with Gasteiger partial charge in [-0.25, -0.2) is 4.79 Å². The second-order valence-corrected chi connectivity index (χ2v) is 6.71. The number of hydrogen-bond acceptors (Lipinski definition) is 6. The molecule has 0 bridgehead atoms. The maximum absolute atomic E-state index is 12.2. The van der Waals surface area contributed by atoms with Crippen LogP contribution in [0.15, 0.2) is 42.5 Å². The van der Waals surface area contributed by atoms with Gasteiger partial charge >= 0.3 is 5.97 Å². The number of rotatable bonds is 9. The fourth-order valence-electron chi connectivity index (χ4n) is 2.64. The van der Waals surface area contributed by atoms with E-state index in [1.54, 1.807) is 0 Å². The standard InChI is InChI=1S/C21H24N2O6/c1-14(2)16-6-4-15(5-7-16)10-11-22-20(24)13-29-21(25)18-12-17(23(26)27)8-9-19(18)28-3/h4-9,12,14H,10-11,13H2,1-3H3,(H,22,24). The molecule has 2 aromatic rings. The first-order valence-corrected chi connectivity index (χ1v) is 9.17. The third kappa shape index (κ3) is 6.31. The van der Waals surface area contributed by atoms with Crippen LogP contribution < -0.4 is 10.1 Å². The summed E-state index contributed by atoms with van der Waals surface area (Å²) in [5.74, 6) is -0.736. The van der Waals surface area contributed by atoms with Gasteiger partial charge in [0.05, 0.1) is 12.0 Å². The number of non-ortho nitro benzene ring substituents is 1. The number of nitrogens with one attached hydrogen (secondary N) is 1. The lowest BCUT2D eigenvalue weighted by atomic mass is 10.0. The van der Waals surface area contributed by atoms with Crippen LogP contribution in [0, 0.1) is 10.1 Å². The van der Waals surface area contributed by atoms with Gasteiger partial charge in [0.25, 0.3) is 11.6 Å². The molecule has 8 nitrogen and oxygen atoms in total. The summed E-state index contributed by atoms with van der Waals surface area (Å²) in [5, 5.41) is 13.6. The van der Waals surface area contributed by atoms with Crippen molar-refractivity contribution in [1.82, 2.24) is 5.32 Å². The highest BCUT2D eigenvalue weighted by molar-refractivity contribution is 5.94. The molecule has 0 unspecified atom stereocenters. The normalized spacial score (nSPS) is 10.5. The summed E-state index contributed by atoms with van der Waals surface area (Å²) in [4.78, 5) is 34.3. The van der Waals surface area contributed by atoms with Gasteiger partial charge in [-0.15, -0.1) is 0 Å². The molecule has 29 heavy (non-hydrogen) atoms. The Morgan fingerprint density at radius 2 is 1.83 bits per heavy atom. The Labute approximate surface area is 169 Å². The molecule has 0 saturated heterocycles. The Balaban J connectivity index is 1.83. The zero-order valence-electron chi connectivity index (χ0n) is 16.6. The van der Waals surface area contributed by atoms with Crippen molar-refractivity contribution in [3.8, 4) is 5.75 Å². The Hall–Kier alpha value is -3.42. The van der Waals surface area contributed by atoms with Gasteiger partial charge in [-0.05, 0) is 29.5 Å². The fraction of sp³-hybridized carbons (Fsp3) is 0.333. The van der Waals surface area contributed by atoms with E-state index in [0.29, 0.717) is 18.9 Å². The van der Waals surface area contributed by atoms with Crippen molar-refractivity contribution in [3.63, 3.8) is 0 Å². The molecule has 154 valence electrons. The topological polar surface area (TPSA) is 108 Å². The Morgan fingerprint density at radius 3 is 2.41 bits per heavy atom. The van der Waals surface area contributed by atoms with Gasteiger partial charge in [-0.3, -0.25) is 14.9 Å². The lowest BCUT2D eigenvalue weighted by Crippen LogP contribution is -2.30. The van der Waals surface area contributed by atoms with Crippen molar-refractivity contribution in [2.45, 2.75) is 26.2 Å². The van der Waals surface area contributed by atoms with Crippen LogP contribution in [0.2, 0.25) is 0 Å². The Morgan fingerprint density at radius 1 is 1.14 bits per heavy atom. The molecule has 0 aliphatic heterocycles. The van der Waals surface area contributed by atoms with Gasteiger partial charge in [0, 0.05) is 18.7 Å². The van der Waals surface area contributed by atoms with E-state index in [0.717, 1.165) is 11.6 Å². The summed E-state index contributed by atoms with van der Waals surface area (Å²) >= 11 is 0. The summed E-state index contributed by atoms with van der Waals surface area (Å²) < 4.78 is 9.98. The van der Waals surface area contributed by atoms with E-state index in [-0.39, 0.29) is 17.0 Å².